The number of hydrogen-bond acceptors (Lipinski definition) is 4. The smallest absolute Gasteiger partial charge is 0.313 e. The Morgan fingerprint density at radius 2 is 2.17 bits per heavy atom. The first-order chi connectivity index (χ1) is 8.60. The monoisotopic (exact) mass is 246 g/mol. The van der Waals surface area contributed by atoms with Crippen LogP contribution in [0, 0.1) is 6.92 Å². The van der Waals surface area contributed by atoms with Crippen molar-refractivity contribution in [1.29, 1.82) is 0 Å². The lowest BCUT2D eigenvalue weighted by Gasteiger charge is -2.07. The predicted molar refractivity (Wildman–Crippen MR) is 67.1 cm³/mol. The minimum Gasteiger partial charge on any atom is -0.508 e. The SMILES string of the molecule is CCn1ccnc(Oc2cc(C)cc(O)c2)c1=O. The van der Waals surface area contributed by atoms with E-state index in [4.69, 9.17) is 4.74 Å². The highest BCUT2D eigenvalue weighted by Gasteiger charge is 2.07. The van der Waals surface area contributed by atoms with E-state index in [-0.39, 0.29) is 17.2 Å². The third-order valence-electron chi connectivity index (χ3n) is 2.47. The minimum absolute atomic E-state index is 0.00403. The fourth-order valence-corrected chi connectivity index (χ4v) is 1.65. The van der Waals surface area contributed by atoms with Crippen LogP contribution in [0.4, 0.5) is 0 Å². The lowest BCUT2D eigenvalue weighted by atomic mass is 10.2. The quantitative estimate of drug-likeness (QED) is 0.900. The van der Waals surface area contributed by atoms with Gasteiger partial charge in [-0.1, -0.05) is 0 Å². The summed E-state index contributed by atoms with van der Waals surface area (Å²) in [6, 6.07) is 4.77. The number of hydrogen-bond donors (Lipinski definition) is 1. The Kier molecular flexibility index (Phi) is 3.32. The van der Waals surface area contributed by atoms with Crippen LogP contribution in [0.15, 0.2) is 35.4 Å². The maximum Gasteiger partial charge on any atom is 0.313 e. The molecule has 18 heavy (non-hydrogen) atoms. The van der Waals surface area contributed by atoms with Gasteiger partial charge in [0.1, 0.15) is 11.5 Å². The van der Waals surface area contributed by atoms with Crippen LogP contribution in [0.1, 0.15) is 12.5 Å². The van der Waals surface area contributed by atoms with Crippen molar-refractivity contribution in [2.75, 3.05) is 0 Å². The topological polar surface area (TPSA) is 64.3 Å². The van der Waals surface area contributed by atoms with E-state index in [1.165, 1.54) is 16.8 Å². The summed E-state index contributed by atoms with van der Waals surface area (Å²) < 4.78 is 6.91. The van der Waals surface area contributed by atoms with Crippen LogP contribution in [0.2, 0.25) is 0 Å². The van der Waals surface area contributed by atoms with Gasteiger partial charge in [-0.3, -0.25) is 4.79 Å². The number of nitrogens with zero attached hydrogens (tertiary/aromatic N) is 2. The third kappa shape index (κ3) is 2.51. The van der Waals surface area contributed by atoms with E-state index in [9.17, 15) is 9.90 Å². The third-order valence-corrected chi connectivity index (χ3v) is 2.47. The lowest BCUT2D eigenvalue weighted by Crippen LogP contribution is -2.20. The van der Waals surface area contributed by atoms with Crippen LogP contribution < -0.4 is 10.3 Å². The molecule has 2 aromatic rings. The van der Waals surface area contributed by atoms with Gasteiger partial charge in [0.05, 0.1) is 0 Å². The number of aromatic nitrogens is 2. The predicted octanol–water partition coefficient (Wildman–Crippen LogP) is 2.07. The number of phenols is 1. The van der Waals surface area contributed by atoms with Crippen molar-refractivity contribution in [3.63, 3.8) is 0 Å². The molecular weight excluding hydrogens is 232 g/mol. The number of aromatic hydroxyl groups is 1. The van der Waals surface area contributed by atoms with Gasteiger partial charge in [-0.05, 0) is 31.5 Å². The first-order valence-corrected chi connectivity index (χ1v) is 5.64. The first-order valence-electron chi connectivity index (χ1n) is 5.64. The van der Waals surface area contributed by atoms with E-state index in [1.54, 1.807) is 18.3 Å². The van der Waals surface area contributed by atoms with Gasteiger partial charge in [0.15, 0.2) is 0 Å². The largest absolute Gasteiger partial charge is 0.508 e. The molecule has 5 nitrogen and oxygen atoms in total. The molecule has 2 rings (SSSR count). The number of phenolic OH excluding ortho intramolecular Hbond substituents is 1. The summed E-state index contributed by atoms with van der Waals surface area (Å²) in [5, 5.41) is 9.46. The average Bonchev–Trinajstić information content (AvgIpc) is 2.30. The van der Waals surface area contributed by atoms with Crippen LogP contribution in [0.25, 0.3) is 0 Å². The molecule has 0 radical (unpaired) electrons. The standard InChI is InChI=1S/C13H14N2O3/c1-3-15-5-4-14-12(13(15)17)18-11-7-9(2)6-10(16)8-11/h4-8,16H,3H2,1-2H3. The molecule has 0 aliphatic heterocycles. The zero-order chi connectivity index (χ0) is 13.1. The summed E-state index contributed by atoms with van der Waals surface area (Å²) in [5.74, 6) is 0.493. The Bertz CT molecular complexity index is 600. The molecule has 0 spiro atoms. The lowest BCUT2D eigenvalue weighted by molar-refractivity contribution is 0.433. The van der Waals surface area contributed by atoms with Crippen molar-refractivity contribution < 1.29 is 9.84 Å². The fourth-order valence-electron chi connectivity index (χ4n) is 1.65. The molecule has 1 heterocycles. The molecule has 0 saturated heterocycles. The van der Waals surface area contributed by atoms with Gasteiger partial charge >= 0.3 is 5.56 Å². The second-order valence-electron chi connectivity index (χ2n) is 3.93. The Labute approximate surface area is 104 Å². The second-order valence-corrected chi connectivity index (χ2v) is 3.93. The summed E-state index contributed by atoms with van der Waals surface area (Å²) in [6.07, 6.45) is 3.11. The van der Waals surface area contributed by atoms with Crippen LogP contribution in [-0.4, -0.2) is 14.7 Å². The van der Waals surface area contributed by atoms with Gasteiger partial charge in [-0.15, -0.1) is 0 Å². The minimum atomic E-state index is -0.291. The molecule has 0 aliphatic carbocycles. The van der Waals surface area contributed by atoms with Crippen LogP contribution in [0.5, 0.6) is 17.4 Å². The molecule has 0 saturated carbocycles. The fraction of sp³-hybridized carbons (Fsp3) is 0.231. The van der Waals surface area contributed by atoms with E-state index in [1.807, 2.05) is 13.8 Å². The Balaban J connectivity index is 2.37. The molecular formula is C13H14N2O3. The molecule has 1 aromatic heterocycles. The summed E-state index contributed by atoms with van der Waals surface area (Å²) >= 11 is 0. The molecule has 0 unspecified atom stereocenters. The molecule has 0 bridgehead atoms. The molecule has 1 N–H and O–H groups in total. The van der Waals surface area contributed by atoms with Crippen molar-refractivity contribution in [3.8, 4) is 17.4 Å². The first kappa shape index (κ1) is 12.2. The Hall–Kier alpha value is -2.30. The van der Waals surface area contributed by atoms with Crippen molar-refractivity contribution in [2.24, 2.45) is 0 Å². The maximum atomic E-state index is 11.9. The summed E-state index contributed by atoms with van der Waals surface area (Å²) in [7, 11) is 0. The molecule has 0 atom stereocenters. The highest BCUT2D eigenvalue weighted by atomic mass is 16.5. The highest BCUT2D eigenvalue weighted by molar-refractivity contribution is 5.38. The second kappa shape index (κ2) is 4.91. The number of rotatable bonds is 3. The normalized spacial score (nSPS) is 10.3. The highest BCUT2D eigenvalue weighted by Crippen LogP contribution is 2.23. The van der Waals surface area contributed by atoms with E-state index in [0.717, 1.165) is 5.56 Å². The van der Waals surface area contributed by atoms with Gasteiger partial charge in [-0.25, -0.2) is 4.98 Å². The average molecular weight is 246 g/mol. The zero-order valence-electron chi connectivity index (χ0n) is 10.3. The maximum absolute atomic E-state index is 11.9. The number of aryl methyl sites for hydroxylation is 2. The molecule has 0 fully saturated rings. The molecule has 1 aromatic carbocycles. The van der Waals surface area contributed by atoms with Crippen LogP contribution in [-0.2, 0) is 6.54 Å². The van der Waals surface area contributed by atoms with Crippen molar-refractivity contribution in [2.45, 2.75) is 20.4 Å². The summed E-state index contributed by atoms with van der Waals surface area (Å²) in [6.45, 7) is 4.25. The van der Waals surface area contributed by atoms with Crippen molar-refractivity contribution in [1.82, 2.24) is 9.55 Å². The summed E-state index contributed by atoms with van der Waals surface area (Å²) in [4.78, 5) is 15.8. The number of benzene rings is 1. The number of ether oxygens (including phenoxy) is 1. The van der Waals surface area contributed by atoms with Gasteiger partial charge in [0, 0.05) is 25.0 Å². The van der Waals surface area contributed by atoms with E-state index in [2.05, 4.69) is 4.98 Å². The Morgan fingerprint density at radius 1 is 1.39 bits per heavy atom. The summed E-state index contributed by atoms with van der Waals surface area (Å²) in [5.41, 5.74) is 0.553. The molecule has 5 heteroatoms. The van der Waals surface area contributed by atoms with Crippen molar-refractivity contribution >= 4 is 0 Å². The van der Waals surface area contributed by atoms with Crippen LogP contribution in [0.3, 0.4) is 0 Å². The van der Waals surface area contributed by atoms with Crippen LogP contribution >= 0.6 is 0 Å². The molecule has 0 aliphatic rings. The van der Waals surface area contributed by atoms with Crippen molar-refractivity contribution in [3.05, 3.63) is 46.5 Å². The zero-order valence-corrected chi connectivity index (χ0v) is 10.3. The van der Waals surface area contributed by atoms with Gasteiger partial charge in [-0.2, -0.15) is 0 Å². The Morgan fingerprint density at radius 3 is 2.83 bits per heavy atom. The van der Waals surface area contributed by atoms with E-state index in [0.29, 0.717) is 12.3 Å². The molecule has 94 valence electrons. The van der Waals surface area contributed by atoms with E-state index < -0.39 is 0 Å². The van der Waals surface area contributed by atoms with Gasteiger partial charge in [0.2, 0.25) is 0 Å². The van der Waals surface area contributed by atoms with Gasteiger partial charge < -0.3 is 14.4 Å². The van der Waals surface area contributed by atoms with E-state index >= 15 is 0 Å². The molecule has 0 amide bonds. The van der Waals surface area contributed by atoms with Gasteiger partial charge in [0.25, 0.3) is 5.88 Å².